The molecule has 0 aromatic rings. The lowest BCUT2D eigenvalue weighted by Crippen LogP contribution is -2.33. The van der Waals surface area contributed by atoms with Crippen molar-refractivity contribution >= 4 is 11.9 Å². The van der Waals surface area contributed by atoms with Crippen molar-refractivity contribution in [2.75, 3.05) is 13.2 Å². The Bertz CT molecular complexity index is 310. The zero-order valence-corrected chi connectivity index (χ0v) is 11.1. The predicted octanol–water partition coefficient (Wildman–Crippen LogP) is 1.88. The van der Waals surface area contributed by atoms with Gasteiger partial charge in [-0.25, -0.2) is 0 Å². The molecule has 18 heavy (non-hydrogen) atoms. The molecule has 2 rings (SSSR count). The fraction of sp³-hybridized carbons (Fsp3) is 0.857. The molecule has 0 spiro atoms. The van der Waals surface area contributed by atoms with E-state index in [2.05, 4.69) is 5.32 Å². The van der Waals surface area contributed by atoms with Gasteiger partial charge in [0.25, 0.3) is 5.91 Å². The zero-order chi connectivity index (χ0) is 13.0. The summed E-state index contributed by atoms with van der Waals surface area (Å²) >= 11 is 0. The summed E-state index contributed by atoms with van der Waals surface area (Å²) < 4.78 is 4.99. The summed E-state index contributed by atoms with van der Waals surface area (Å²) in [6.07, 6.45) is 7.19. The number of ether oxygens (including phenoxy) is 1. The lowest BCUT2D eigenvalue weighted by Gasteiger charge is -2.21. The van der Waals surface area contributed by atoms with Gasteiger partial charge in [0, 0.05) is 6.54 Å². The van der Waals surface area contributed by atoms with Crippen LogP contribution in [0.5, 0.6) is 0 Å². The highest BCUT2D eigenvalue weighted by molar-refractivity contribution is 5.82. The van der Waals surface area contributed by atoms with Gasteiger partial charge in [0.05, 0.1) is 5.92 Å². The van der Waals surface area contributed by atoms with Gasteiger partial charge in [0.15, 0.2) is 6.61 Å². The number of esters is 1. The Labute approximate surface area is 108 Å². The standard InChI is InChI=1S/C14H23NO3/c1-10-7-12(10)14(17)18-9-13(16)15-8-11-5-3-2-4-6-11/h10-12H,2-9H2,1H3,(H,15,16). The van der Waals surface area contributed by atoms with Crippen LogP contribution in [0.1, 0.15) is 45.4 Å². The summed E-state index contributed by atoms with van der Waals surface area (Å²) in [4.78, 5) is 23.0. The Morgan fingerprint density at radius 3 is 2.50 bits per heavy atom. The summed E-state index contributed by atoms with van der Waals surface area (Å²) in [6.45, 7) is 2.64. The molecule has 0 radical (unpaired) electrons. The molecule has 4 nitrogen and oxygen atoms in total. The maximum atomic E-state index is 11.5. The summed E-state index contributed by atoms with van der Waals surface area (Å²) in [5.41, 5.74) is 0. The van der Waals surface area contributed by atoms with Gasteiger partial charge in [0.1, 0.15) is 0 Å². The van der Waals surface area contributed by atoms with Gasteiger partial charge < -0.3 is 10.1 Å². The van der Waals surface area contributed by atoms with E-state index in [9.17, 15) is 9.59 Å². The van der Waals surface area contributed by atoms with Crippen molar-refractivity contribution in [2.45, 2.75) is 45.4 Å². The van der Waals surface area contributed by atoms with Crippen LogP contribution in [0.4, 0.5) is 0 Å². The van der Waals surface area contributed by atoms with Crippen molar-refractivity contribution in [3.8, 4) is 0 Å². The van der Waals surface area contributed by atoms with Crippen molar-refractivity contribution < 1.29 is 14.3 Å². The van der Waals surface area contributed by atoms with Gasteiger partial charge >= 0.3 is 5.97 Å². The molecular formula is C14H23NO3. The molecular weight excluding hydrogens is 230 g/mol. The fourth-order valence-corrected chi connectivity index (χ4v) is 2.59. The Morgan fingerprint density at radius 1 is 1.22 bits per heavy atom. The first-order valence-electron chi connectivity index (χ1n) is 7.10. The molecule has 0 heterocycles. The van der Waals surface area contributed by atoms with Crippen molar-refractivity contribution in [1.82, 2.24) is 5.32 Å². The first-order valence-corrected chi connectivity index (χ1v) is 7.10. The molecule has 0 bridgehead atoms. The average molecular weight is 253 g/mol. The Balaban J connectivity index is 1.55. The number of nitrogens with one attached hydrogen (secondary N) is 1. The molecule has 4 heteroatoms. The largest absolute Gasteiger partial charge is 0.455 e. The van der Waals surface area contributed by atoms with E-state index in [0.29, 0.717) is 11.8 Å². The summed E-state index contributed by atoms with van der Waals surface area (Å²) in [5.74, 6) is 0.707. The van der Waals surface area contributed by atoms with E-state index < -0.39 is 0 Å². The molecule has 0 aromatic carbocycles. The first kappa shape index (κ1) is 13.4. The van der Waals surface area contributed by atoms with Crippen LogP contribution in [0.15, 0.2) is 0 Å². The highest BCUT2D eigenvalue weighted by Gasteiger charge is 2.40. The van der Waals surface area contributed by atoms with E-state index in [0.717, 1.165) is 13.0 Å². The number of hydrogen-bond acceptors (Lipinski definition) is 3. The zero-order valence-electron chi connectivity index (χ0n) is 11.1. The van der Waals surface area contributed by atoms with E-state index in [1.807, 2.05) is 6.92 Å². The van der Waals surface area contributed by atoms with Crippen molar-refractivity contribution in [2.24, 2.45) is 17.8 Å². The third-order valence-corrected chi connectivity index (χ3v) is 4.07. The van der Waals surface area contributed by atoms with Crippen molar-refractivity contribution in [3.63, 3.8) is 0 Å². The highest BCUT2D eigenvalue weighted by atomic mass is 16.5. The van der Waals surface area contributed by atoms with Crippen molar-refractivity contribution in [1.29, 1.82) is 0 Å². The quantitative estimate of drug-likeness (QED) is 0.761. The number of amides is 1. The van der Waals surface area contributed by atoms with E-state index in [4.69, 9.17) is 4.74 Å². The molecule has 0 saturated heterocycles. The third-order valence-electron chi connectivity index (χ3n) is 4.07. The predicted molar refractivity (Wildman–Crippen MR) is 67.8 cm³/mol. The lowest BCUT2D eigenvalue weighted by molar-refractivity contribution is -0.150. The van der Waals surface area contributed by atoms with Crippen molar-refractivity contribution in [3.05, 3.63) is 0 Å². The minimum Gasteiger partial charge on any atom is -0.455 e. The Hall–Kier alpha value is -1.06. The minimum absolute atomic E-state index is 0.0381. The van der Waals surface area contributed by atoms with Crippen LogP contribution in [-0.2, 0) is 14.3 Å². The van der Waals surface area contributed by atoms with Gasteiger partial charge in [-0.05, 0) is 31.1 Å². The second-order valence-corrected chi connectivity index (χ2v) is 5.74. The van der Waals surface area contributed by atoms with Crippen LogP contribution in [0.3, 0.4) is 0 Å². The maximum Gasteiger partial charge on any atom is 0.309 e. The second-order valence-electron chi connectivity index (χ2n) is 5.74. The summed E-state index contributed by atoms with van der Waals surface area (Å²) in [7, 11) is 0. The van der Waals surface area contributed by atoms with Gasteiger partial charge in [-0.3, -0.25) is 9.59 Å². The SMILES string of the molecule is CC1CC1C(=O)OCC(=O)NCC1CCCCC1. The van der Waals surface area contributed by atoms with Gasteiger partial charge in [-0.2, -0.15) is 0 Å². The lowest BCUT2D eigenvalue weighted by atomic mass is 9.89. The smallest absolute Gasteiger partial charge is 0.309 e. The topological polar surface area (TPSA) is 55.4 Å². The second kappa shape index (κ2) is 6.21. The minimum atomic E-state index is -0.213. The van der Waals surface area contributed by atoms with E-state index >= 15 is 0 Å². The molecule has 0 aliphatic heterocycles. The van der Waals surface area contributed by atoms with Gasteiger partial charge in [-0.1, -0.05) is 26.2 Å². The number of rotatable bonds is 5. The van der Waals surface area contributed by atoms with Crippen LogP contribution in [-0.4, -0.2) is 25.0 Å². The number of carbonyl (C=O) groups excluding carboxylic acids is 2. The normalized spacial score (nSPS) is 27.6. The molecule has 2 atom stereocenters. The van der Waals surface area contributed by atoms with Gasteiger partial charge in [0.2, 0.25) is 0 Å². The van der Waals surface area contributed by atoms with Crippen LogP contribution < -0.4 is 5.32 Å². The van der Waals surface area contributed by atoms with E-state index in [1.165, 1.54) is 32.1 Å². The van der Waals surface area contributed by atoms with E-state index in [-0.39, 0.29) is 24.4 Å². The molecule has 1 amide bonds. The molecule has 0 aromatic heterocycles. The Morgan fingerprint density at radius 2 is 1.89 bits per heavy atom. The molecule has 2 fully saturated rings. The molecule has 102 valence electrons. The summed E-state index contributed by atoms with van der Waals surface area (Å²) in [5, 5.41) is 2.86. The fourth-order valence-electron chi connectivity index (χ4n) is 2.59. The maximum absolute atomic E-state index is 11.5. The molecule has 2 aliphatic rings. The van der Waals surface area contributed by atoms with Crippen LogP contribution in [0.25, 0.3) is 0 Å². The average Bonchev–Trinajstić information content (AvgIpc) is 3.12. The highest BCUT2D eigenvalue weighted by Crippen LogP contribution is 2.38. The Kier molecular flexibility index (Phi) is 4.61. The number of hydrogen-bond donors (Lipinski definition) is 1. The first-order chi connectivity index (χ1) is 8.66. The van der Waals surface area contributed by atoms with Crippen LogP contribution >= 0.6 is 0 Å². The monoisotopic (exact) mass is 253 g/mol. The molecule has 2 saturated carbocycles. The van der Waals surface area contributed by atoms with Crippen LogP contribution in [0.2, 0.25) is 0 Å². The number of carbonyl (C=O) groups is 2. The van der Waals surface area contributed by atoms with Crippen LogP contribution in [0, 0.1) is 17.8 Å². The molecule has 1 N–H and O–H groups in total. The molecule has 2 unspecified atom stereocenters. The third kappa shape index (κ3) is 4.00. The van der Waals surface area contributed by atoms with E-state index in [1.54, 1.807) is 0 Å². The molecule has 2 aliphatic carbocycles. The summed E-state index contributed by atoms with van der Waals surface area (Å²) in [6, 6.07) is 0. The van der Waals surface area contributed by atoms with Gasteiger partial charge in [-0.15, -0.1) is 0 Å².